The lowest BCUT2D eigenvalue weighted by molar-refractivity contribution is 0.0447. The Balaban J connectivity index is 1.88. The van der Waals surface area contributed by atoms with Crippen molar-refractivity contribution in [1.29, 1.82) is 0 Å². The predicted molar refractivity (Wildman–Crippen MR) is 78.5 cm³/mol. The van der Waals surface area contributed by atoms with E-state index in [4.69, 9.17) is 11.6 Å². The summed E-state index contributed by atoms with van der Waals surface area (Å²) < 4.78 is 26.9. The third kappa shape index (κ3) is 4.16. The predicted octanol–water partition coefficient (Wildman–Crippen LogP) is 1.59. The molecule has 0 spiro atoms. The van der Waals surface area contributed by atoms with Crippen LogP contribution < -0.4 is 4.72 Å². The maximum absolute atomic E-state index is 12.0. The summed E-state index contributed by atoms with van der Waals surface area (Å²) in [6.45, 7) is -0.0153. The third-order valence-electron chi connectivity index (χ3n) is 3.58. The molecule has 0 saturated heterocycles. The zero-order valence-electron chi connectivity index (χ0n) is 10.8. The van der Waals surface area contributed by atoms with E-state index >= 15 is 0 Å². The van der Waals surface area contributed by atoms with E-state index in [9.17, 15) is 18.6 Å². The van der Waals surface area contributed by atoms with Gasteiger partial charge in [-0.05, 0) is 43.7 Å². The van der Waals surface area contributed by atoms with Gasteiger partial charge in [0.15, 0.2) is 0 Å². The molecule has 2 rings (SSSR count). The maximum Gasteiger partial charge on any atom is 0.250 e. The van der Waals surface area contributed by atoms with Gasteiger partial charge >= 0.3 is 0 Å². The first-order valence-electron chi connectivity index (χ1n) is 6.49. The highest BCUT2D eigenvalue weighted by Gasteiger charge is 2.27. The zero-order chi connectivity index (χ0) is 14.8. The second-order valence-corrected chi connectivity index (χ2v) is 8.76. The molecule has 0 amide bonds. The molecule has 1 heterocycles. The van der Waals surface area contributed by atoms with E-state index in [0.717, 1.165) is 24.2 Å². The fourth-order valence-corrected chi connectivity index (χ4v) is 4.94. The van der Waals surface area contributed by atoms with E-state index in [0.29, 0.717) is 17.2 Å². The van der Waals surface area contributed by atoms with Crippen LogP contribution in [0, 0.1) is 5.92 Å². The minimum absolute atomic E-state index is 0.0153. The van der Waals surface area contributed by atoms with Gasteiger partial charge in [0.25, 0.3) is 0 Å². The molecule has 8 heteroatoms. The number of rotatable bonds is 5. The highest BCUT2D eigenvalue weighted by atomic mass is 35.5. The molecule has 20 heavy (non-hydrogen) atoms. The number of aliphatic hydroxyl groups is 2. The lowest BCUT2D eigenvalue weighted by Crippen LogP contribution is -2.38. The minimum Gasteiger partial charge on any atom is -0.393 e. The molecule has 1 aliphatic rings. The molecular weight excluding hydrogens is 322 g/mol. The molecular formula is C12H18ClNO4S2. The van der Waals surface area contributed by atoms with Crippen LogP contribution in [-0.4, -0.2) is 37.4 Å². The number of nitrogens with one attached hydrogen (secondary N) is 1. The molecule has 0 unspecified atom stereocenters. The number of sulfonamides is 1. The van der Waals surface area contributed by atoms with Gasteiger partial charge < -0.3 is 10.2 Å². The summed E-state index contributed by atoms with van der Waals surface area (Å²) in [7, 11) is -3.61. The van der Waals surface area contributed by atoms with Gasteiger partial charge in [0.05, 0.1) is 16.5 Å². The Morgan fingerprint density at radius 2 is 2.00 bits per heavy atom. The molecule has 0 bridgehead atoms. The van der Waals surface area contributed by atoms with E-state index in [1.807, 2.05) is 0 Å². The van der Waals surface area contributed by atoms with Gasteiger partial charge in [0, 0.05) is 6.54 Å². The number of halogens is 1. The molecule has 1 atom stereocenters. The summed E-state index contributed by atoms with van der Waals surface area (Å²) in [6, 6.07) is 2.97. The van der Waals surface area contributed by atoms with Gasteiger partial charge in [-0.2, -0.15) is 0 Å². The Morgan fingerprint density at radius 3 is 2.55 bits per heavy atom. The summed E-state index contributed by atoms with van der Waals surface area (Å²) in [5.41, 5.74) is 0. The van der Waals surface area contributed by atoms with E-state index in [2.05, 4.69) is 4.72 Å². The van der Waals surface area contributed by atoms with Crippen molar-refractivity contribution in [3.05, 3.63) is 16.5 Å². The van der Waals surface area contributed by atoms with Gasteiger partial charge in [-0.3, -0.25) is 0 Å². The minimum atomic E-state index is -3.61. The van der Waals surface area contributed by atoms with Crippen LogP contribution in [0.5, 0.6) is 0 Å². The number of hydrogen-bond donors (Lipinski definition) is 3. The molecule has 0 aliphatic heterocycles. The fourth-order valence-electron chi connectivity index (χ4n) is 2.36. The first-order valence-corrected chi connectivity index (χ1v) is 9.17. The molecule has 0 aromatic carbocycles. The normalized spacial score (nSPS) is 25.6. The van der Waals surface area contributed by atoms with Gasteiger partial charge in [-0.1, -0.05) is 11.6 Å². The van der Waals surface area contributed by atoms with Crippen molar-refractivity contribution in [1.82, 2.24) is 4.72 Å². The van der Waals surface area contributed by atoms with Gasteiger partial charge in [-0.15, -0.1) is 11.3 Å². The maximum atomic E-state index is 12.0. The van der Waals surface area contributed by atoms with E-state index in [1.54, 1.807) is 0 Å². The summed E-state index contributed by atoms with van der Waals surface area (Å²) in [6.07, 6.45) is 1.74. The van der Waals surface area contributed by atoms with Gasteiger partial charge in [0.2, 0.25) is 10.0 Å². The molecule has 1 aromatic heterocycles. The van der Waals surface area contributed by atoms with E-state index in [1.165, 1.54) is 12.1 Å². The molecule has 1 saturated carbocycles. The second kappa shape index (κ2) is 6.72. The summed E-state index contributed by atoms with van der Waals surface area (Å²) in [5.74, 6) is 0.0352. The average molecular weight is 340 g/mol. The average Bonchev–Trinajstić information content (AvgIpc) is 2.84. The number of thiophene rings is 1. The Morgan fingerprint density at radius 1 is 1.35 bits per heavy atom. The van der Waals surface area contributed by atoms with Crippen LogP contribution in [-0.2, 0) is 10.0 Å². The Hall–Kier alpha value is -0.180. The van der Waals surface area contributed by atoms with Crippen LogP contribution in [0.1, 0.15) is 25.7 Å². The van der Waals surface area contributed by atoms with Crippen molar-refractivity contribution < 1.29 is 18.6 Å². The van der Waals surface area contributed by atoms with Crippen LogP contribution in [0.4, 0.5) is 0 Å². The smallest absolute Gasteiger partial charge is 0.250 e. The van der Waals surface area contributed by atoms with Crippen LogP contribution in [0.2, 0.25) is 4.34 Å². The summed E-state index contributed by atoms with van der Waals surface area (Å²) >= 11 is 6.70. The van der Waals surface area contributed by atoms with Crippen molar-refractivity contribution in [2.24, 2.45) is 5.92 Å². The van der Waals surface area contributed by atoms with E-state index in [-0.39, 0.29) is 22.8 Å². The molecule has 0 radical (unpaired) electrons. The molecule has 1 aliphatic carbocycles. The van der Waals surface area contributed by atoms with Crippen LogP contribution in [0.3, 0.4) is 0 Å². The van der Waals surface area contributed by atoms with Crippen LogP contribution in [0.25, 0.3) is 0 Å². The molecule has 3 N–H and O–H groups in total. The topological polar surface area (TPSA) is 86.6 Å². The van der Waals surface area contributed by atoms with Crippen molar-refractivity contribution >= 4 is 33.0 Å². The number of aliphatic hydroxyl groups excluding tert-OH is 2. The highest BCUT2D eigenvalue weighted by Crippen LogP contribution is 2.28. The monoisotopic (exact) mass is 339 g/mol. The van der Waals surface area contributed by atoms with Crippen molar-refractivity contribution in [3.8, 4) is 0 Å². The summed E-state index contributed by atoms with van der Waals surface area (Å²) in [4.78, 5) is 0. The lowest BCUT2D eigenvalue weighted by atomic mass is 9.84. The van der Waals surface area contributed by atoms with Crippen molar-refractivity contribution in [2.75, 3.05) is 6.54 Å². The Bertz CT molecular complexity index is 537. The largest absolute Gasteiger partial charge is 0.393 e. The van der Waals surface area contributed by atoms with Crippen LogP contribution >= 0.6 is 22.9 Å². The first kappa shape index (κ1) is 16.2. The van der Waals surface area contributed by atoms with Gasteiger partial charge in [0.1, 0.15) is 4.21 Å². The first-order chi connectivity index (χ1) is 9.38. The third-order valence-corrected chi connectivity index (χ3v) is 6.73. The SMILES string of the molecule is O=S(=O)(NC[C@H](O)C1CCC(O)CC1)c1ccc(Cl)s1. The molecule has 1 fully saturated rings. The quantitative estimate of drug-likeness (QED) is 0.760. The molecule has 5 nitrogen and oxygen atoms in total. The number of hydrogen-bond acceptors (Lipinski definition) is 5. The van der Waals surface area contributed by atoms with Crippen molar-refractivity contribution in [3.63, 3.8) is 0 Å². The lowest BCUT2D eigenvalue weighted by Gasteiger charge is -2.29. The zero-order valence-corrected chi connectivity index (χ0v) is 13.2. The fraction of sp³-hybridized carbons (Fsp3) is 0.667. The van der Waals surface area contributed by atoms with E-state index < -0.39 is 16.1 Å². The highest BCUT2D eigenvalue weighted by molar-refractivity contribution is 7.91. The standard InChI is InChI=1S/C12H18ClNO4S2/c13-11-5-6-12(19-11)20(17,18)14-7-10(16)8-1-3-9(15)4-2-8/h5-6,8-10,14-16H,1-4,7H2/t8?,9?,10-/m0/s1. The molecule has 114 valence electrons. The Labute approximate surface area is 127 Å². The second-order valence-electron chi connectivity index (χ2n) is 5.05. The van der Waals surface area contributed by atoms with Gasteiger partial charge in [-0.25, -0.2) is 13.1 Å². The van der Waals surface area contributed by atoms with Crippen molar-refractivity contribution in [2.45, 2.75) is 42.1 Å². The Kier molecular flexibility index (Phi) is 5.44. The summed E-state index contributed by atoms with van der Waals surface area (Å²) in [5, 5.41) is 19.5. The van der Waals surface area contributed by atoms with Crippen LogP contribution in [0.15, 0.2) is 16.3 Å². The molecule has 1 aromatic rings.